The average Bonchev–Trinajstić information content (AvgIpc) is 3.09. The van der Waals surface area contributed by atoms with Gasteiger partial charge in [-0.15, -0.1) is 35.3 Å². The molecule has 1 aliphatic rings. The van der Waals surface area contributed by atoms with Crippen LogP contribution in [0.1, 0.15) is 83.8 Å². The molecule has 1 heterocycles. The molecule has 9 heteroatoms. The predicted molar refractivity (Wildman–Crippen MR) is 135 cm³/mol. The normalized spacial score (nSPS) is 19.8. The zero-order chi connectivity index (χ0) is 21.4. The van der Waals surface area contributed by atoms with Crippen LogP contribution in [0.15, 0.2) is 10.4 Å². The first-order chi connectivity index (χ1) is 13.7. The zero-order valence-electron chi connectivity index (χ0n) is 19.1. The zero-order valence-corrected chi connectivity index (χ0v) is 22.2. The van der Waals surface area contributed by atoms with E-state index in [-0.39, 0.29) is 36.1 Å². The number of nitrogens with one attached hydrogen (secondary N) is 3. The number of halogens is 1. The van der Waals surface area contributed by atoms with Crippen LogP contribution in [0.5, 0.6) is 0 Å². The maximum absolute atomic E-state index is 12.0. The van der Waals surface area contributed by atoms with Crippen LogP contribution in [0.4, 0.5) is 4.79 Å². The van der Waals surface area contributed by atoms with Crippen LogP contribution >= 0.6 is 35.3 Å². The average molecular weight is 552 g/mol. The molecule has 0 aromatic carbocycles. The molecule has 1 saturated carbocycles. The number of ether oxygens (including phenoxy) is 1. The van der Waals surface area contributed by atoms with Crippen LogP contribution in [-0.4, -0.2) is 41.3 Å². The fourth-order valence-corrected chi connectivity index (χ4v) is 4.02. The first kappa shape index (κ1) is 26.9. The Labute approximate surface area is 202 Å². The highest BCUT2D eigenvalue weighted by Crippen LogP contribution is 2.21. The van der Waals surface area contributed by atoms with Crippen LogP contribution < -0.4 is 16.0 Å². The molecule has 2 rings (SSSR count). The minimum absolute atomic E-state index is 0. The van der Waals surface area contributed by atoms with Crippen LogP contribution in [0, 0.1) is 0 Å². The maximum atomic E-state index is 12.0. The number of amides is 1. The first-order valence-electron chi connectivity index (χ1n) is 10.6. The molecule has 0 saturated heterocycles. The Balaban J connectivity index is 0.00000450. The van der Waals surface area contributed by atoms with Gasteiger partial charge in [-0.2, -0.15) is 0 Å². The van der Waals surface area contributed by atoms with E-state index in [1.165, 1.54) is 0 Å². The van der Waals surface area contributed by atoms with Gasteiger partial charge >= 0.3 is 6.09 Å². The van der Waals surface area contributed by atoms with Crippen LogP contribution in [0.2, 0.25) is 0 Å². The molecule has 1 aliphatic carbocycles. The number of guanidine groups is 1. The minimum atomic E-state index is -0.465. The van der Waals surface area contributed by atoms with Gasteiger partial charge in [0, 0.05) is 29.9 Å². The largest absolute Gasteiger partial charge is 0.444 e. The fraction of sp³-hybridized carbons (Fsp3) is 0.762. The summed E-state index contributed by atoms with van der Waals surface area (Å²) in [6.45, 7) is 13.4. The highest BCUT2D eigenvalue weighted by Gasteiger charge is 2.25. The summed E-state index contributed by atoms with van der Waals surface area (Å²) >= 11 is 1.70. The van der Waals surface area contributed by atoms with Crippen molar-refractivity contribution in [3.63, 3.8) is 0 Å². The summed E-state index contributed by atoms with van der Waals surface area (Å²) < 4.78 is 5.35. The lowest BCUT2D eigenvalue weighted by molar-refractivity contribution is 0.0490. The summed E-state index contributed by atoms with van der Waals surface area (Å²) in [6, 6.07) is 0.526. The molecule has 172 valence electrons. The molecule has 0 spiro atoms. The summed E-state index contributed by atoms with van der Waals surface area (Å²) in [4.78, 5) is 21.3. The number of thiazole rings is 1. The molecule has 7 nitrogen and oxygen atoms in total. The van der Waals surface area contributed by atoms with Crippen molar-refractivity contribution >= 4 is 47.4 Å². The molecular weight excluding hydrogens is 513 g/mol. The van der Waals surface area contributed by atoms with Crippen LogP contribution in [0.3, 0.4) is 0 Å². The molecule has 0 aliphatic heterocycles. The SMILES string of the molecule is CCNC(=NCc1csc(C(C)C)n1)NC1CCC(NC(=O)OC(C)(C)C)CC1.I. The van der Waals surface area contributed by atoms with Gasteiger partial charge in [-0.05, 0) is 53.4 Å². The van der Waals surface area contributed by atoms with Crippen molar-refractivity contribution in [2.75, 3.05) is 6.54 Å². The lowest BCUT2D eigenvalue weighted by Gasteiger charge is -2.31. The summed E-state index contributed by atoms with van der Waals surface area (Å²) in [5, 5.41) is 13.1. The Morgan fingerprint density at radius 1 is 1.23 bits per heavy atom. The molecule has 0 unspecified atom stereocenters. The third-order valence-corrected chi connectivity index (χ3v) is 5.79. The number of rotatable bonds is 6. The smallest absolute Gasteiger partial charge is 0.407 e. The van der Waals surface area contributed by atoms with E-state index in [1.54, 1.807) is 11.3 Å². The molecule has 3 N–H and O–H groups in total. The standard InChI is InChI=1S/C21H37N5O2S.HI/c1-7-22-19(23-12-17-13-29-18(24-17)14(2)3)25-15-8-10-16(11-9-15)26-20(27)28-21(4,5)6;/h13-16H,7-12H2,1-6H3,(H,26,27)(H2,22,23,25);1H. The maximum Gasteiger partial charge on any atom is 0.407 e. The fourth-order valence-electron chi connectivity index (χ4n) is 3.19. The molecule has 1 aromatic rings. The van der Waals surface area contributed by atoms with Gasteiger partial charge in [0.25, 0.3) is 0 Å². The summed E-state index contributed by atoms with van der Waals surface area (Å²) in [7, 11) is 0. The number of nitrogens with zero attached hydrogens (tertiary/aromatic N) is 2. The van der Waals surface area contributed by atoms with Gasteiger partial charge < -0.3 is 20.7 Å². The Kier molecular flexibility index (Phi) is 11.4. The molecule has 30 heavy (non-hydrogen) atoms. The summed E-state index contributed by atoms with van der Waals surface area (Å²) in [6.07, 6.45) is 3.51. The van der Waals surface area contributed by atoms with Gasteiger partial charge in [0.05, 0.1) is 17.2 Å². The number of aliphatic imine (C=N–C) groups is 1. The van der Waals surface area contributed by atoms with Gasteiger partial charge in [-0.3, -0.25) is 0 Å². The van der Waals surface area contributed by atoms with Crippen LogP contribution in [0.25, 0.3) is 0 Å². The first-order valence-corrected chi connectivity index (χ1v) is 11.5. The monoisotopic (exact) mass is 551 g/mol. The van der Waals surface area contributed by atoms with Gasteiger partial charge in [0.2, 0.25) is 0 Å². The van der Waals surface area contributed by atoms with Crippen molar-refractivity contribution in [2.24, 2.45) is 4.99 Å². The van der Waals surface area contributed by atoms with Crippen molar-refractivity contribution in [3.8, 4) is 0 Å². The number of aromatic nitrogens is 1. The van der Waals surface area contributed by atoms with E-state index in [9.17, 15) is 4.79 Å². The Hall–Kier alpha value is -1.10. The number of alkyl carbamates (subject to hydrolysis) is 1. The van der Waals surface area contributed by atoms with Gasteiger partial charge in [0.15, 0.2) is 5.96 Å². The highest BCUT2D eigenvalue weighted by atomic mass is 127. The highest BCUT2D eigenvalue weighted by molar-refractivity contribution is 14.0. The molecule has 0 radical (unpaired) electrons. The second kappa shape index (κ2) is 12.7. The number of carbonyl (C=O) groups is 1. The van der Waals surface area contributed by atoms with Gasteiger partial charge in [0.1, 0.15) is 5.60 Å². The van der Waals surface area contributed by atoms with E-state index in [1.807, 2.05) is 20.8 Å². The van der Waals surface area contributed by atoms with E-state index in [0.717, 1.165) is 48.9 Å². The van der Waals surface area contributed by atoms with E-state index in [4.69, 9.17) is 9.73 Å². The second-order valence-electron chi connectivity index (χ2n) is 8.87. The lowest BCUT2D eigenvalue weighted by Crippen LogP contribution is -2.48. The van der Waals surface area contributed by atoms with Crippen molar-refractivity contribution in [1.82, 2.24) is 20.9 Å². The van der Waals surface area contributed by atoms with Gasteiger partial charge in [-0.1, -0.05) is 13.8 Å². The predicted octanol–water partition coefficient (Wildman–Crippen LogP) is 4.78. The van der Waals surface area contributed by atoms with Crippen LogP contribution in [-0.2, 0) is 11.3 Å². The number of hydrogen-bond donors (Lipinski definition) is 3. The quantitative estimate of drug-likeness (QED) is 0.269. The number of hydrogen-bond acceptors (Lipinski definition) is 5. The van der Waals surface area contributed by atoms with E-state index < -0.39 is 5.60 Å². The molecule has 0 bridgehead atoms. The second-order valence-corrected chi connectivity index (χ2v) is 9.76. The third-order valence-electron chi connectivity index (χ3n) is 4.60. The van der Waals surface area contributed by atoms with E-state index in [0.29, 0.717) is 18.5 Å². The lowest BCUT2D eigenvalue weighted by atomic mass is 9.91. The molecule has 1 fully saturated rings. The molecular formula is C21H38IN5O2S. The summed E-state index contributed by atoms with van der Waals surface area (Å²) in [5.74, 6) is 1.28. The molecule has 0 atom stereocenters. The Bertz CT molecular complexity index is 679. The topological polar surface area (TPSA) is 87.6 Å². The Morgan fingerprint density at radius 2 is 1.83 bits per heavy atom. The number of carbonyl (C=O) groups excluding carboxylic acids is 1. The van der Waals surface area contributed by atoms with Gasteiger partial charge in [-0.25, -0.2) is 14.8 Å². The third kappa shape index (κ3) is 9.80. The molecule has 1 aromatic heterocycles. The summed E-state index contributed by atoms with van der Waals surface area (Å²) in [5.41, 5.74) is 0.550. The minimum Gasteiger partial charge on any atom is -0.444 e. The van der Waals surface area contributed by atoms with E-state index in [2.05, 4.69) is 47.1 Å². The Morgan fingerprint density at radius 3 is 2.33 bits per heavy atom. The van der Waals surface area contributed by atoms with Crippen molar-refractivity contribution < 1.29 is 9.53 Å². The van der Waals surface area contributed by atoms with Crippen molar-refractivity contribution in [2.45, 2.75) is 97.4 Å². The van der Waals surface area contributed by atoms with Crippen molar-refractivity contribution in [1.29, 1.82) is 0 Å². The van der Waals surface area contributed by atoms with E-state index >= 15 is 0 Å². The van der Waals surface area contributed by atoms with Crippen molar-refractivity contribution in [3.05, 3.63) is 16.1 Å². The molecule has 1 amide bonds.